The van der Waals surface area contributed by atoms with Gasteiger partial charge < -0.3 is 10.1 Å². The van der Waals surface area contributed by atoms with Gasteiger partial charge in [0.1, 0.15) is 5.75 Å². The predicted molar refractivity (Wildman–Crippen MR) is 102 cm³/mol. The van der Waals surface area contributed by atoms with Gasteiger partial charge in [-0.1, -0.05) is 49.1 Å². The average molecular weight is 329 g/mol. The summed E-state index contributed by atoms with van der Waals surface area (Å²) < 4.78 is 5.50. The number of benzene rings is 3. The molecule has 0 atom stereocenters. The van der Waals surface area contributed by atoms with Crippen LogP contribution in [-0.2, 0) is 0 Å². The lowest BCUT2D eigenvalue weighted by Gasteiger charge is -2.14. The minimum Gasteiger partial charge on any atom is -0.423 e. The monoisotopic (exact) mass is 329 g/mol. The van der Waals surface area contributed by atoms with Crippen LogP contribution in [-0.4, -0.2) is 5.97 Å². The zero-order valence-electron chi connectivity index (χ0n) is 14.0. The van der Waals surface area contributed by atoms with Crippen molar-refractivity contribution >= 4 is 23.4 Å². The summed E-state index contributed by atoms with van der Waals surface area (Å²) in [6.45, 7) is 5.88. The average Bonchev–Trinajstić information content (AvgIpc) is 2.64. The quantitative estimate of drug-likeness (QED) is 0.489. The maximum absolute atomic E-state index is 12.2. The van der Waals surface area contributed by atoms with Gasteiger partial charge in [-0.3, -0.25) is 0 Å². The van der Waals surface area contributed by atoms with Crippen LogP contribution in [0.1, 0.15) is 21.5 Å². The largest absolute Gasteiger partial charge is 0.423 e. The van der Waals surface area contributed by atoms with Crippen LogP contribution in [0.3, 0.4) is 0 Å². The summed E-state index contributed by atoms with van der Waals surface area (Å²) in [4.78, 5) is 12.2. The second-order valence-corrected chi connectivity index (χ2v) is 5.65. The Kier molecular flexibility index (Phi) is 4.95. The molecule has 3 rings (SSSR count). The van der Waals surface area contributed by atoms with Gasteiger partial charge in [0, 0.05) is 17.4 Å². The van der Waals surface area contributed by atoms with Crippen molar-refractivity contribution in [2.75, 3.05) is 5.32 Å². The van der Waals surface area contributed by atoms with Crippen LogP contribution in [0.5, 0.6) is 5.75 Å². The van der Waals surface area contributed by atoms with Crippen molar-refractivity contribution in [2.45, 2.75) is 6.92 Å². The number of hydrogen-bond donors (Lipinski definition) is 1. The molecule has 0 aliphatic carbocycles. The molecular weight excluding hydrogens is 310 g/mol. The molecule has 3 nitrogen and oxygen atoms in total. The van der Waals surface area contributed by atoms with E-state index in [1.54, 1.807) is 24.3 Å². The highest BCUT2D eigenvalue weighted by atomic mass is 16.5. The minimum absolute atomic E-state index is 0.381. The molecule has 3 heteroatoms. The molecule has 25 heavy (non-hydrogen) atoms. The number of hydrogen-bond acceptors (Lipinski definition) is 3. The molecule has 0 radical (unpaired) electrons. The van der Waals surface area contributed by atoms with Crippen molar-refractivity contribution in [1.29, 1.82) is 0 Å². The minimum atomic E-state index is -0.381. The van der Waals surface area contributed by atoms with Crippen molar-refractivity contribution in [2.24, 2.45) is 0 Å². The third-order valence-corrected chi connectivity index (χ3v) is 3.88. The third-order valence-electron chi connectivity index (χ3n) is 3.88. The number of nitrogens with one attached hydrogen (secondary N) is 1. The summed E-state index contributed by atoms with van der Waals surface area (Å²) >= 11 is 0. The van der Waals surface area contributed by atoms with E-state index in [0.717, 1.165) is 22.5 Å². The highest BCUT2D eigenvalue weighted by Crippen LogP contribution is 2.28. The fourth-order valence-electron chi connectivity index (χ4n) is 2.48. The van der Waals surface area contributed by atoms with Gasteiger partial charge in [-0.2, -0.15) is 0 Å². The topological polar surface area (TPSA) is 38.3 Å². The van der Waals surface area contributed by atoms with E-state index in [9.17, 15) is 4.79 Å². The molecule has 124 valence electrons. The van der Waals surface area contributed by atoms with Crippen LogP contribution in [0.15, 0.2) is 79.4 Å². The van der Waals surface area contributed by atoms with Crippen LogP contribution in [0.25, 0.3) is 6.08 Å². The second-order valence-electron chi connectivity index (χ2n) is 5.65. The van der Waals surface area contributed by atoms with Gasteiger partial charge in [0.15, 0.2) is 0 Å². The maximum atomic E-state index is 12.2. The SMILES string of the molecule is C=Cc1ccc(OC(=O)c2ccccc2)cc1Nc1ccccc1C. The Morgan fingerprint density at radius 1 is 0.960 bits per heavy atom. The summed E-state index contributed by atoms with van der Waals surface area (Å²) in [6, 6.07) is 22.4. The summed E-state index contributed by atoms with van der Waals surface area (Å²) in [5, 5.41) is 3.38. The molecule has 0 bridgehead atoms. The van der Waals surface area contributed by atoms with Gasteiger partial charge in [0.25, 0.3) is 0 Å². The van der Waals surface area contributed by atoms with Gasteiger partial charge in [0.2, 0.25) is 0 Å². The molecular formula is C22H19NO2. The Balaban J connectivity index is 1.86. The van der Waals surface area contributed by atoms with Crippen molar-refractivity contribution in [3.8, 4) is 5.75 Å². The molecule has 0 saturated carbocycles. The van der Waals surface area contributed by atoms with Crippen LogP contribution in [0.4, 0.5) is 11.4 Å². The zero-order valence-corrected chi connectivity index (χ0v) is 14.0. The van der Waals surface area contributed by atoms with Gasteiger partial charge in [-0.25, -0.2) is 4.79 Å². The van der Waals surface area contributed by atoms with Crippen LogP contribution in [0, 0.1) is 6.92 Å². The molecule has 0 amide bonds. The van der Waals surface area contributed by atoms with E-state index in [2.05, 4.69) is 11.9 Å². The number of ether oxygens (including phenoxy) is 1. The number of para-hydroxylation sites is 1. The number of rotatable bonds is 5. The van der Waals surface area contributed by atoms with Crippen molar-refractivity contribution in [3.05, 3.63) is 96.1 Å². The van der Waals surface area contributed by atoms with Crippen LogP contribution in [0.2, 0.25) is 0 Å². The molecule has 3 aromatic carbocycles. The standard InChI is InChI=1S/C22H19NO2/c1-3-17-13-14-19(25-22(24)18-10-5-4-6-11-18)15-21(17)23-20-12-8-7-9-16(20)2/h3-15,23H,1H2,2H3. The summed E-state index contributed by atoms with van der Waals surface area (Å²) in [6.07, 6.45) is 1.77. The van der Waals surface area contributed by atoms with E-state index in [1.807, 2.05) is 61.5 Å². The van der Waals surface area contributed by atoms with Crippen molar-refractivity contribution in [3.63, 3.8) is 0 Å². The molecule has 0 aliphatic heterocycles. The number of anilines is 2. The zero-order chi connectivity index (χ0) is 17.6. The fourth-order valence-corrected chi connectivity index (χ4v) is 2.48. The maximum Gasteiger partial charge on any atom is 0.343 e. The Morgan fingerprint density at radius 3 is 2.40 bits per heavy atom. The van der Waals surface area contributed by atoms with E-state index in [1.165, 1.54) is 0 Å². The summed E-state index contributed by atoms with van der Waals surface area (Å²) in [7, 11) is 0. The number of carbonyl (C=O) groups is 1. The normalized spacial score (nSPS) is 10.1. The highest BCUT2D eigenvalue weighted by Gasteiger charge is 2.10. The molecule has 0 unspecified atom stereocenters. The fraction of sp³-hybridized carbons (Fsp3) is 0.0455. The lowest BCUT2D eigenvalue weighted by Crippen LogP contribution is -2.08. The lowest BCUT2D eigenvalue weighted by atomic mass is 10.1. The molecule has 0 spiro atoms. The van der Waals surface area contributed by atoms with E-state index in [0.29, 0.717) is 11.3 Å². The molecule has 1 N–H and O–H groups in total. The molecule has 0 heterocycles. The smallest absolute Gasteiger partial charge is 0.343 e. The first-order valence-corrected chi connectivity index (χ1v) is 8.04. The predicted octanol–water partition coefficient (Wildman–Crippen LogP) is 5.60. The lowest BCUT2D eigenvalue weighted by molar-refractivity contribution is 0.0735. The van der Waals surface area contributed by atoms with E-state index >= 15 is 0 Å². The molecule has 3 aromatic rings. The first-order chi connectivity index (χ1) is 12.2. The summed E-state index contributed by atoms with van der Waals surface area (Å²) in [5.74, 6) is 0.101. The molecule has 0 aromatic heterocycles. The molecule has 0 aliphatic rings. The van der Waals surface area contributed by atoms with Crippen molar-refractivity contribution in [1.82, 2.24) is 0 Å². The second kappa shape index (κ2) is 7.49. The van der Waals surface area contributed by atoms with E-state index in [4.69, 9.17) is 4.74 Å². The summed E-state index contributed by atoms with van der Waals surface area (Å²) in [5.41, 5.74) is 4.41. The van der Waals surface area contributed by atoms with Gasteiger partial charge in [-0.15, -0.1) is 0 Å². The van der Waals surface area contributed by atoms with Crippen LogP contribution < -0.4 is 10.1 Å². The number of esters is 1. The van der Waals surface area contributed by atoms with E-state index < -0.39 is 0 Å². The molecule has 0 saturated heterocycles. The Bertz CT molecular complexity index is 901. The Hall–Kier alpha value is -3.33. The third kappa shape index (κ3) is 3.96. The number of carbonyl (C=O) groups excluding carboxylic acids is 1. The Labute approximate surface area is 147 Å². The van der Waals surface area contributed by atoms with Crippen LogP contribution >= 0.6 is 0 Å². The molecule has 0 fully saturated rings. The van der Waals surface area contributed by atoms with Gasteiger partial charge >= 0.3 is 5.97 Å². The highest BCUT2D eigenvalue weighted by molar-refractivity contribution is 5.91. The van der Waals surface area contributed by atoms with Crippen molar-refractivity contribution < 1.29 is 9.53 Å². The van der Waals surface area contributed by atoms with Gasteiger partial charge in [0.05, 0.1) is 5.56 Å². The Morgan fingerprint density at radius 2 is 1.68 bits per heavy atom. The first-order valence-electron chi connectivity index (χ1n) is 8.04. The first kappa shape index (κ1) is 16.5. The van der Waals surface area contributed by atoms with E-state index in [-0.39, 0.29) is 5.97 Å². The number of aryl methyl sites for hydroxylation is 1. The van der Waals surface area contributed by atoms with Gasteiger partial charge in [-0.05, 0) is 48.4 Å².